The molecule has 0 heterocycles. The first-order valence-electron chi connectivity index (χ1n) is 11.1. The second-order valence-electron chi connectivity index (χ2n) is 10.4. The minimum absolute atomic E-state index is 0.00312. The maximum atomic E-state index is 12.6. The number of isothiocyanates is 1. The molecule has 3 fully saturated rings. The summed E-state index contributed by atoms with van der Waals surface area (Å²) in [6.45, 7) is 8.00. The van der Waals surface area contributed by atoms with Gasteiger partial charge in [-0.05, 0) is 86.3 Å². The van der Waals surface area contributed by atoms with Crippen LogP contribution in [-0.4, -0.2) is 29.1 Å². The smallest absolute Gasteiger partial charge is 0.302 e. The van der Waals surface area contributed by atoms with Gasteiger partial charge < -0.3 is 4.74 Å². The number of rotatable bonds is 3. The molecule has 4 rings (SSSR count). The number of aliphatic imine (C=N–C) groups is 1. The second-order valence-corrected chi connectivity index (χ2v) is 10.6. The van der Waals surface area contributed by atoms with Gasteiger partial charge in [0.05, 0.1) is 11.2 Å². The van der Waals surface area contributed by atoms with Gasteiger partial charge >= 0.3 is 5.97 Å². The van der Waals surface area contributed by atoms with E-state index in [2.05, 4.69) is 30.1 Å². The molecule has 0 amide bonds. The maximum Gasteiger partial charge on any atom is 0.302 e. The number of hydrogen-bond donors (Lipinski definition) is 0. The number of esters is 1. The van der Waals surface area contributed by atoms with E-state index in [4.69, 9.17) is 17.0 Å². The average Bonchev–Trinajstić information content (AvgIpc) is 2.94. The Bertz CT molecular complexity index is 800. The predicted molar refractivity (Wildman–Crippen MR) is 116 cm³/mol. The molecule has 0 N–H and O–H groups in total. The van der Waals surface area contributed by atoms with Crippen LogP contribution in [0.5, 0.6) is 0 Å². The monoisotopic (exact) mass is 415 g/mol. The van der Waals surface area contributed by atoms with Gasteiger partial charge in [0.15, 0.2) is 0 Å². The van der Waals surface area contributed by atoms with Crippen molar-refractivity contribution in [3.05, 3.63) is 11.6 Å². The van der Waals surface area contributed by atoms with E-state index in [1.165, 1.54) is 18.9 Å². The van der Waals surface area contributed by atoms with E-state index in [1.54, 1.807) is 6.92 Å². The lowest BCUT2D eigenvalue weighted by Gasteiger charge is -2.57. The Morgan fingerprint density at radius 1 is 1.21 bits per heavy atom. The van der Waals surface area contributed by atoms with Crippen LogP contribution in [0.3, 0.4) is 0 Å². The molecule has 5 heteroatoms. The highest BCUT2D eigenvalue weighted by Crippen LogP contribution is 2.66. The number of fused-ring (bicyclic) bond motifs is 5. The van der Waals surface area contributed by atoms with Crippen LogP contribution in [0.25, 0.3) is 0 Å². The largest absolute Gasteiger partial charge is 0.462 e. The summed E-state index contributed by atoms with van der Waals surface area (Å²) >= 11 is 4.91. The second kappa shape index (κ2) is 7.42. The van der Waals surface area contributed by atoms with Gasteiger partial charge in [-0.2, -0.15) is 0 Å². The lowest BCUT2D eigenvalue weighted by Crippen LogP contribution is -2.51. The number of hydrogen-bond acceptors (Lipinski definition) is 5. The highest BCUT2D eigenvalue weighted by molar-refractivity contribution is 7.78. The Hall–Kier alpha value is -1.32. The Morgan fingerprint density at radius 2 is 1.97 bits per heavy atom. The third-order valence-corrected chi connectivity index (χ3v) is 9.18. The topological polar surface area (TPSA) is 55.7 Å². The fourth-order valence-electron chi connectivity index (χ4n) is 7.91. The molecule has 0 radical (unpaired) electrons. The lowest BCUT2D eigenvalue weighted by molar-refractivity contribution is -0.149. The third-order valence-electron chi connectivity index (χ3n) is 9.08. The molecule has 0 aromatic carbocycles. The molecule has 4 aliphatic rings. The molecule has 4 nitrogen and oxygen atoms in total. The number of carbonyl (C=O) groups is 2. The summed E-state index contributed by atoms with van der Waals surface area (Å²) in [6.07, 6.45) is 9.68. The van der Waals surface area contributed by atoms with E-state index < -0.39 is 0 Å². The van der Waals surface area contributed by atoms with Gasteiger partial charge in [-0.1, -0.05) is 25.5 Å². The van der Waals surface area contributed by atoms with Crippen molar-refractivity contribution in [2.45, 2.75) is 84.8 Å². The molecule has 0 spiro atoms. The van der Waals surface area contributed by atoms with Gasteiger partial charge in [0.2, 0.25) is 0 Å². The van der Waals surface area contributed by atoms with Gasteiger partial charge in [0.1, 0.15) is 11.9 Å². The number of nitrogens with zero attached hydrogens (tertiary/aromatic N) is 1. The van der Waals surface area contributed by atoms with Gasteiger partial charge in [-0.15, -0.1) is 0 Å². The van der Waals surface area contributed by atoms with Crippen molar-refractivity contribution in [2.24, 2.45) is 39.5 Å². The van der Waals surface area contributed by atoms with Crippen molar-refractivity contribution in [3.8, 4) is 0 Å². The van der Waals surface area contributed by atoms with Crippen LogP contribution in [0.15, 0.2) is 16.6 Å². The maximum absolute atomic E-state index is 12.6. The van der Waals surface area contributed by atoms with Crippen LogP contribution in [-0.2, 0) is 14.3 Å². The first-order valence-corrected chi connectivity index (χ1v) is 11.6. The Balaban J connectivity index is 1.63. The fourth-order valence-corrected chi connectivity index (χ4v) is 8.04. The Kier molecular flexibility index (Phi) is 5.36. The molecule has 158 valence electrons. The molecule has 29 heavy (non-hydrogen) atoms. The van der Waals surface area contributed by atoms with E-state index in [-0.39, 0.29) is 40.6 Å². The molecule has 0 unspecified atom stereocenters. The molecule has 0 saturated heterocycles. The minimum Gasteiger partial charge on any atom is -0.462 e. The fraction of sp³-hybridized carbons (Fsp3) is 0.792. The van der Waals surface area contributed by atoms with Crippen molar-refractivity contribution in [3.63, 3.8) is 0 Å². The summed E-state index contributed by atoms with van der Waals surface area (Å²) in [5.74, 6) is 1.80. The zero-order chi connectivity index (χ0) is 21.0. The van der Waals surface area contributed by atoms with Crippen molar-refractivity contribution in [1.29, 1.82) is 0 Å². The van der Waals surface area contributed by atoms with E-state index in [0.29, 0.717) is 17.8 Å². The van der Waals surface area contributed by atoms with E-state index in [9.17, 15) is 9.59 Å². The molecule has 0 bridgehead atoms. The minimum atomic E-state index is -0.173. The van der Waals surface area contributed by atoms with Crippen molar-refractivity contribution < 1.29 is 14.3 Å². The van der Waals surface area contributed by atoms with Gasteiger partial charge in [0.25, 0.3) is 0 Å². The highest BCUT2D eigenvalue weighted by Gasteiger charge is 2.62. The molecule has 3 saturated carbocycles. The number of thiocarbonyl (C=S) groups is 1. The zero-order valence-electron chi connectivity index (χ0n) is 18.1. The predicted octanol–water partition coefficient (Wildman–Crippen LogP) is 5.17. The number of allylic oxidation sites excluding steroid dienone is 1. The van der Waals surface area contributed by atoms with Crippen LogP contribution in [0, 0.1) is 34.5 Å². The Labute approximate surface area is 179 Å². The van der Waals surface area contributed by atoms with Crippen molar-refractivity contribution in [2.75, 3.05) is 0 Å². The number of Topliss-reactive ketones (excluding diaryl/α,β-unsaturated/α-hetero) is 1. The summed E-state index contributed by atoms with van der Waals surface area (Å²) in [4.78, 5) is 28.5. The van der Waals surface area contributed by atoms with Gasteiger partial charge in [-0.3, -0.25) is 9.59 Å². The molecule has 8 atom stereocenters. The number of carbonyl (C=O) groups excluding carboxylic acids is 2. The summed E-state index contributed by atoms with van der Waals surface area (Å²) in [6, 6.07) is -0.00312. The van der Waals surface area contributed by atoms with Crippen LogP contribution < -0.4 is 0 Å². The van der Waals surface area contributed by atoms with E-state index in [0.717, 1.165) is 38.5 Å². The molecule has 0 aromatic heterocycles. The summed E-state index contributed by atoms with van der Waals surface area (Å²) in [5.41, 5.74) is 1.71. The zero-order valence-corrected chi connectivity index (χ0v) is 18.9. The van der Waals surface area contributed by atoms with Gasteiger partial charge in [0, 0.05) is 19.3 Å². The quantitative estimate of drug-likeness (QED) is 0.276. The molecule has 0 aromatic rings. The molecule has 0 aliphatic heterocycles. The first-order chi connectivity index (χ1) is 13.7. The van der Waals surface area contributed by atoms with E-state index >= 15 is 0 Å². The summed E-state index contributed by atoms with van der Waals surface area (Å²) in [5, 5.41) is 2.57. The van der Waals surface area contributed by atoms with Crippen molar-refractivity contribution >= 4 is 29.1 Å². The summed E-state index contributed by atoms with van der Waals surface area (Å²) in [7, 11) is 0. The van der Waals surface area contributed by atoms with Crippen LogP contribution in [0.4, 0.5) is 0 Å². The first kappa shape index (κ1) is 20.9. The van der Waals surface area contributed by atoms with Crippen LogP contribution in [0.1, 0.15) is 72.6 Å². The normalized spacial score (nSPS) is 45.7. The summed E-state index contributed by atoms with van der Waals surface area (Å²) < 4.78 is 5.54. The third kappa shape index (κ3) is 3.25. The van der Waals surface area contributed by atoms with Crippen molar-refractivity contribution in [1.82, 2.24) is 0 Å². The van der Waals surface area contributed by atoms with E-state index in [1.807, 2.05) is 0 Å². The van der Waals surface area contributed by atoms with Gasteiger partial charge in [-0.25, -0.2) is 4.99 Å². The molecular weight excluding hydrogens is 382 g/mol. The number of ether oxygens (including phenoxy) is 1. The number of ketones is 1. The highest BCUT2D eigenvalue weighted by atomic mass is 32.1. The SMILES string of the molecule is CC(=O)O[C@H]1CC[C@@]2(C)C(=CC[C@H]3[C@@H]4C[C@H](N=C=S)[C@H](C(C)=O)[C@@]4(C)CC[C@@H]32)C1. The van der Waals surface area contributed by atoms with Crippen LogP contribution in [0.2, 0.25) is 0 Å². The van der Waals surface area contributed by atoms with Crippen LogP contribution >= 0.6 is 12.2 Å². The standard InChI is InChI=1S/C24H33NO3S/c1-14(26)22-21(25-13-29)12-20-18-6-5-16-11-17(28-15(2)27)7-9-23(16,3)19(18)8-10-24(20,22)4/h5,17-22H,6-12H2,1-4H3/t17-,18+,19-,20-,21-,22-,23-,24-/m0/s1. The molecule has 4 aliphatic carbocycles. The Morgan fingerprint density at radius 3 is 2.62 bits per heavy atom. The average molecular weight is 416 g/mol. The molecular formula is C24H33NO3S. The lowest BCUT2D eigenvalue weighted by atomic mass is 9.47.